The summed E-state index contributed by atoms with van der Waals surface area (Å²) >= 11 is 0. The number of nitrogens with one attached hydrogen (secondary N) is 1. The summed E-state index contributed by atoms with van der Waals surface area (Å²) in [7, 11) is 0. The van der Waals surface area contributed by atoms with Crippen LogP contribution in [0.15, 0.2) is 84.9 Å². The van der Waals surface area contributed by atoms with Crippen molar-refractivity contribution in [2.24, 2.45) is 5.41 Å². The first-order chi connectivity index (χ1) is 17.0. The van der Waals surface area contributed by atoms with Gasteiger partial charge < -0.3 is 10.2 Å². The van der Waals surface area contributed by atoms with Crippen LogP contribution in [0.1, 0.15) is 41.5 Å². The van der Waals surface area contributed by atoms with Crippen molar-refractivity contribution in [1.82, 2.24) is 10.2 Å². The topological polar surface area (TPSA) is 49.4 Å². The van der Waals surface area contributed by atoms with Crippen LogP contribution in [0.3, 0.4) is 0 Å². The Morgan fingerprint density at radius 2 is 1.43 bits per heavy atom. The van der Waals surface area contributed by atoms with E-state index in [1.54, 1.807) is 0 Å². The Morgan fingerprint density at radius 3 is 2.09 bits per heavy atom. The number of hydrogen-bond donors (Lipinski definition) is 1. The number of rotatable bonds is 9. The van der Waals surface area contributed by atoms with E-state index in [1.807, 2.05) is 41.3 Å². The number of carbonyl (C=O) groups excluding carboxylic acids is 2. The number of aryl methyl sites for hydroxylation is 2. The Kier molecular flexibility index (Phi) is 8.36. The zero-order valence-electron chi connectivity index (χ0n) is 20.7. The van der Waals surface area contributed by atoms with Gasteiger partial charge >= 0.3 is 0 Å². The fourth-order valence-electron chi connectivity index (χ4n) is 5.08. The number of amides is 2. The van der Waals surface area contributed by atoms with Gasteiger partial charge in [0.05, 0.1) is 5.41 Å². The molecular weight excluding hydrogens is 432 g/mol. The van der Waals surface area contributed by atoms with Gasteiger partial charge in [-0.2, -0.15) is 0 Å². The molecule has 0 aromatic heterocycles. The fraction of sp³-hybridized carbons (Fsp3) is 0.355. The van der Waals surface area contributed by atoms with Gasteiger partial charge in [-0.15, -0.1) is 0 Å². The zero-order valence-corrected chi connectivity index (χ0v) is 20.7. The average molecular weight is 469 g/mol. The largest absolute Gasteiger partial charge is 0.355 e. The maximum Gasteiger partial charge on any atom is 0.226 e. The Labute approximate surface area is 209 Å². The molecule has 4 heteroatoms. The summed E-state index contributed by atoms with van der Waals surface area (Å²) < 4.78 is 0. The lowest BCUT2D eigenvalue weighted by atomic mass is 9.72. The summed E-state index contributed by atoms with van der Waals surface area (Å²) in [5.74, 6) is 0.299. The molecule has 0 unspecified atom stereocenters. The lowest BCUT2D eigenvalue weighted by molar-refractivity contribution is -0.140. The number of hydrogen-bond acceptors (Lipinski definition) is 2. The third-order valence-electron chi connectivity index (χ3n) is 7.19. The van der Waals surface area contributed by atoms with Crippen LogP contribution in [0.2, 0.25) is 0 Å². The maximum absolute atomic E-state index is 13.6. The molecule has 1 heterocycles. The summed E-state index contributed by atoms with van der Waals surface area (Å²) in [6.07, 6.45) is 4.17. The smallest absolute Gasteiger partial charge is 0.226 e. The first-order valence-electron chi connectivity index (χ1n) is 12.7. The Balaban J connectivity index is 1.37. The zero-order chi connectivity index (χ0) is 24.5. The highest BCUT2D eigenvalue weighted by atomic mass is 16.2. The average Bonchev–Trinajstić information content (AvgIpc) is 2.89. The molecule has 1 saturated heterocycles. The van der Waals surface area contributed by atoms with Gasteiger partial charge in [0.1, 0.15) is 0 Å². The molecule has 0 bridgehead atoms. The van der Waals surface area contributed by atoms with E-state index in [0.717, 1.165) is 12.8 Å². The summed E-state index contributed by atoms with van der Waals surface area (Å²) in [6.45, 7) is 3.97. The highest BCUT2D eigenvalue weighted by molar-refractivity contribution is 5.84. The predicted molar refractivity (Wildman–Crippen MR) is 141 cm³/mol. The van der Waals surface area contributed by atoms with Gasteiger partial charge in [0.15, 0.2) is 0 Å². The molecule has 0 aliphatic carbocycles. The second-order valence-corrected chi connectivity index (χ2v) is 9.80. The second-order valence-electron chi connectivity index (χ2n) is 9.80. The fourth-order valence-corrected chi connectivity index (χ4v) is 5.08. The SMILES string of the molecule is Cc1cccc(CCNC(=O)C2(Cc3ccccc3)CCN(C(=O)CCc3ccccc3)CC2)c1. The molecule has 0 saturated carbocycles. The summed E-state index contributed by atoms with van der Waals surface area (Å²) in [4.78, 5) is 28.4. The van der Waals surface area contributed by atoms with Gasteiger partial charge in [0.25, 0.3) is 0 Å². The van der Waals surface area contributed by atoms with E-state index in [1.165, 1.54) is 22.3 Å². The van der Waals surface area contributed by atoms with Crippen LogP contribution in [0.4, 0.5) is 0 Å². The molecule has 1 fully saturated rings. The van der Waals surface area contributed by atoms with Crippen molar-refractivity contribution in [2.75, 3.05) is 19.6 Å². The molecule has 1 aliphatic heterocycles. The van der Waals surface area contributed by atoms with Gasteiger partial charge in [-0.05, 0) is 55.7 Å². The maximum atomic E-state index is 13.6. The molecule has 1 N–H and O–H groups in total. The summed E-state index contributed by atoms with van der Waals surface area (Å²) in [5, 5.41) is 3.23. The summed E-state index contributed by atoms with van der Waals surface area (Å²) in [5.41, 5.74) is 4.35. The molecule has 4 nitrogen and oxygen atoms in total. The molecule has 3 aromatic rings. The van der Waals surface area contributed by atoms with E-state index in [4.69, 9.17) is 0 Å². The van der Waals surface area contributed by atoms with Crippen molar-refractivity contribution in [3.63, 3.8) is 0 Å². The summed E-state index contributed by atoms with van der Waals surface area (Å²) in [6, 6.07) is 28.8. The normalized spacial score (nSPS) is 14.9. The van der Waals surface area contributed by atoms with Crippen LogP contribution < -0.4 is 5.32 Å². The van der Waals surface area contributed by atoms with E-state index in [-0.39, 0.29) is 11.8 Å². The molecular formula is C31H36N2O2. The minimum absolute atomic E-state index is 0.116. The molecule has 35 heavy (non-hydrogen) atoms. The van der Waals surface area contributed by atoms with Crippen molar-refractivity contribution < 1.29 is 9.59 Å². The van der Waals surface area contributed by atoms with E-state index in [0.29, 0.717) is 45.3 Å². The lowest BCUT2D eigenvalue weighted by Gasteiger charge is -2.41. The number of nitrogens with zero attached hydrogens (tertiary/aromatic N) is 1. The van der Waals surface area contributed by atoms with Crippen LogP contribution in [0.25, 0.3) is 0 Å². The van der Waals surface area contributed by atoms with Gasteiger partial charge in [-0.1, -0.05) is 90.5 Å². The molecule has 0 atom stereocenters. The molecule has 182 valence electrons. The molecule has 1 aliphatic rings. The van der Waals surface area contributed by atoms with Crippen molar-refractivity contribution in [2.45, 2.75) is 45.4 Å². The quantitative estimate of drug-likeness (QED) is 0.473. The van der Waals surface area contributed by atoms with E-state index < -0.39 is 5.41 Å². The van der Waals surface area contributed by atoms with Crippen molar-refractivity contribution in [3.8, 4) is 0 Å². The molecule has 2 amide bonds. The first kappa shape index (κ1) is 24.7. The van der Waals surface area contributed by atoms with Crippen LogP contribution in [0, 0.1) is 12.3 Å². The van der Waals surface area contributed by atoms with E-state index in [9.17, 15) is 9.59 Å². The van der Waals surface area contributed by atoms with Crippen LogP contribution in [-0.4, -0.2) is 36.3 Å². The van der Waals surface area contributed by atoms with Crippen molar-refractivity contribution in [1.29, 1.82) is 0 Å². The van der Waals surface area contributed by atoms with Gasteiger partial charge in [-0.3, -0.25) is 9.59 Å². The minimum Gasteiger partial charge on any atom is -0.355 e. The molecule has 0 radical (unpaired) electrons. The highest BCUT2D eigenvalue weighted by Gasteiger charge is 2.42. The first-order valence-corrected chi connectivity index (χ1v) is 12.7. The number of likely N-dealkylation sites (tertiary alicyclic amines) is 1. The van der Waals surface area contributed by atoms with Gasteiger partial charge in [0, 0.05) is 26.1 Å². The van der Waals surface area contributed by atoms with Gasteiger partial charge in [0.2, 0.25) is 11.8 Å². The molecule has 4 rings (SSSR count). The van der Waals surface area contributed by atoms with E-state index >= 15 is 0 Å². The Bertz CT molecular complexity index is 1100. The Morgan fingerprint density at radius 1 is 0.800 bits per heavy atom. The predicted octanol–water partition coefficient (Wildman–Crippen LogP) is 5.14. The number of piperidine rings is 1. The number of benzene rings is 3. The monoisotopic (exact) mass is 468 g/mol. The molecule has 0 spiro atoms. The second kappa shape index (κ2) is 11.8. The van der Waals surface area contributed by atoms with Crippen LogP contribution in [0.5, 0.6) is 0 Å². The molecule has 3 aromatic carbocycles. The van der Waals surface area contributed by atoms with Crippen molar-refractivity contribution in [3.05, 3.63) is 107 Å². The van der Waals surface area contributed by atoms with Crippen LogP contribution in [-0.2, 0) is 28.9 Å². The lowest BCUT2D eigenvalue weighted by Crippen LogP contribution is -2.51. The van der Waals surface area contributed by atoms with E-state index in [2.05, 4.69) is 60.8 Å². The van der Waals surface area contributed by atoms with Crippen LogP contribution >= 0.6 is 0 Å². The van der Waals surface area contributed by atoms with Crippen molar-refractivity contribution >= 4 is 11.8 Å². The Hall–Kier alpha value is -3.40. The number of carbonyl (C=O) groups is 2. The third-order valence-corrected chi connectivity index (χ3v) is 7.19. The highest BCUT2D eigenvalue weighted by Crippen LogP contribution is 2.36. The minimum atomic E-state index is -0.482. The standard InChI is InChI=1S/C31H36N2O2/c1-25-9-8-14-27(23-25)17-20-32-30(35)31(24-28-12-6-3-7-13-28)18-21-33(22-19-31)29(34)16-15-26-10-4-2-5-11-26/h2-14,23H,15-22,24H2,1H3,(H,32,35). The van der Waals surface area contributed by atoms with Gasteiger partial charge in [-0.25, -0.2) is 0 Å². The third kappa shape index (κ3) is 6.82.